The normalized spacial score (nSPS) is 13.5. The zero-order chi connectivity index (χ0) is 19.8. The van der Waals surface area contributed by atoms with Crippen molar-refractivity contribution in [2.45, 2.75) is 19.3 Å². The van der Waals surface area contributed by atoms with Crippen LogP contribution in [-0.2, 0) is 9.59 Å². The lowest BCUT2D eigenvalue weighted by molar-refractivity contribution is -0.123. The van der Waals surface area contributed by atoms with E-state index in [1.54, 1.807) is 24.3 Å². The van der Waals surface area contributed by atoms with Crippen molar-refractivity contribution in [1.29, 1.82) is 0 Å². The van der Waals surface area contributed by atoms with Gasteiger partial charge in [0.1, 0.15) is 5.75 Å². The minimum absolute atomic E-state index is 0.0815. The van der Waals surface area contributed by atoms with E-state index >= 15 is 0 Å². The Balaban J connectivity index is 1.43. The van der Waals surface area contributed by atoms with Gasteiger partial charge in [0.2, 0.25) is 5.91 Å². The van der Waals surface area contributed by atoms with Crippen molar-refractivity contribution in [3.05, 3.63) is 59.1 Å². The first-order chi connectivity index (χ1) is 13.6. The van der Waals surface area contributed by atoms with Crippen LogP contribution in [0.2, 0.25) is 5.02 Å². The summed E-state index contributed by atoms with van der Waals surface area (Å²) in [6.07, 6.45) is 2.62. The molecule has 0 aliphatic carbocycles. The van der Waals surface area contributed by atoms with Crippen molar-refractivity contribution < 1.29 is 14.3 Å². The van der Waals surface area contributed by atoms with E-state index in [0.29, 0.717) is 17.2 Å². The van der Waals surface area contributed by atoms with E-state index in [1.807, 2.05) is 29.2 Å². The molecule has 2 aromatic rings. The zero-order valence-electron chi connectivity index (χ0n) is 15.4. The number of carbonyl (C=O) groups excluding carboxylic acids is 2. The van der Waals surface area contributed by atoms with Crippen LogP contribution in [0.4, 0.5) is 5.69 Å². The second-order valence-corrected chi connectivity index (χ2v) is 6.81. The Morgan fingerprint density at radius 3 is 2.57 bits per heavy atom. The lowest BCUT2D eigenvalue weighted by atomic mass is 10.1. The maximum absolute atomic E-state index is 12.0. The Bertz CT molecular complexity index is 883. The number of anilines is 1. The van der Waals surface area contributed by atoms with E-state index in [1.165, 1.54) is 0 Å². The van der Waals surface area contributed by atoms with Gasteiger partial charge in [0.25, 0.3) is 5.91 Å². The second kappa shape index (κ2) is 9.82. The third-order valence-corrected chi connectivity index (χ3v) is 4.54. The van der Waals surface area contributed by atoms with E-state index in [9.17, 15) is 9.59 Å². The molecule has 144 valence electrons. The summed E-state index contributed by atoms with van der Waals surface area (Å²) in [5.74, 6) is 6.42. The predicted octanol–water partition coefficient (Wildman–Crippen LogP) is 3.40. The lowest BCUT2D eigenvalue weighted by Gasteiger charge is -2.26. The molecule has 1 fully saturated rings. The molecule has 1 heterocycles. The van der Waals surface area contributed by atoms with Gasteiger partial charge in [0.15, 0.2) is 6.61 Å². The molecule has 0 radical (unpaired) electrons. The topological polar surface area (TPSA) is 58.6 Å². The summed E-state index contributed by atoms with van der Waals surface area (Å²) >= 11 is 5.80. The molecular formula is C22H21ClN2O3. The fourth-order valence-corrected chi connectivity index (χ4v) is 2.95. The zero-order valence-corrected chi connectivity index (χ0v) is 16.2. The fourth-order valence-electron chi connectivity index (χ4n) is 2.82. The molecule has 1 aliphatic heterocycles. The summed E-state index contributed by atoms with van der Waals surface area (Å²) < 4.78 is 5.37. The molecule has 1 saturated heterocycles. The summed E-state index contributed by atoms with van der Waals surface area (Å²) in [5, 5.41) is 3.30. The molecule has 5 nitrogen and oxygen atoms in total. The fraction of sp³-hybridized carbons (Fsp3) is 0.273. The van der Waals surface area contributed by atoms with Gasteiger partial charge in [-0.3, -0.25) is 9.59 Å². The highest BCUT2D eigenvalue weighted by Gasteiger charge is 2.19. The average Bonchev–Trinajstić information content (AvgIpc) is 2.72. The van der Waals surface area contributed by atoms with Gasteiger partial charge in [0, 0.05) is 29.2 Å². The summed E-state index contributed by atoms with van der Waals surface area (Å²) in [4.78, 5) is 25.6. The minimum atomic E-state index is -0.247. The van der Waals surface area contributed by atoms with Gasteiger partial charge >= 0.3 is 0 Å². The largest absolute Gasteiger partial charge is 0.484 e. The van der Waals surface area contributed by atoms with E-state index in [-0.39, 0.29) is 25.0 Å². The summed E-state index contributed by atoms with van der Waals surface area (Å²) in [6.45, 7) is 0.922. The first-order valence-electron chi connectivity index (χ1n) is 9.16. The van der Waals surface area contributed by atoms with Gasteiger partial charge < -0.3 is 15.0 Å². The molecule has 0 bridgehead atoms. The number of benzene rings is 2. The van der Waals surface area contributed by atoms with Gasteiger partial charge in [0.05, 0.1) is 6.54 Å². The second-order valence-electron chi connectivity index (χ2n) is 6.37. The minimum Gasteiger partial charge on any atom is -0.484 e. The van der Waals surface area contributed by atoms with Gasteiger partial charge in [-0.1, -0.05) is 23.4 Å². The molecule has 28 heavy (non-hydrogen) atoms. The highest BCUT2D eigenvalue weighted by molar-refractivity contribution is 6.30. The summed E-state index contributed by atoms with van der Waals surface area (Å²) in [5.41, 5.74) is 1.74. The van der Waals surface area contributed by atoms with Crippen LogP contribution >= 0.6 is 11.6 Å². The van der Waals surface area contributed by atoms with E-state index in [2.05, 4.69) is 17.2 Å². The van der Waals surface area contributed by atoms with Crippen LogP contribution in [0.1, 0.15) is 24.8 Å². The lowest BCUT2D eigenvalue weighted by Crippen LogP contribution is -2.35. The third-order valence-electron chi connectivity index (χ3n) is 4.29. The Labute approximate surface area is 169 Å². The van der Waals surface area contributed by atoms with Crippen LogP contribution < -0.4 is 15.0 Å². The molecule has 0 atom stereocenters. The predicted molar refractivity (Wildman–Crippen MR) is 109 cm³/mol. The monoisotopic (exact) mass is 396 g/mol. The van der Waals surface area contributed by atoms with Crippen molar-refractivity contribution in [2.24, 2.45) is 0 Å². The number of ether oxygens (including phenoxy) is 1. The van der Waals surface area contributed by atoms with Crippen LogP contribution in [0.15, 0.2) is 48.5 Å². The van der Waals surface area contributed by atoms with Crippen molar-refractivity contribution in [3.8, 4) is 17.6 Å². The molecule has 0 unspecified atom stereocenters. The number of carbonyl (C=O) groups is 2. The highest BCUT2D eigenvalue weighted by Crippen LogP contribution is 2.21. The standard InChI is InChI=1S/C22H21ClN2O3/c23-18-8-12-20(13-9-18)28-16-21(26)24-14-3-4-17-6-10-19(11-7-17)25-15-2-1-5-22(25)27/h6-13H,1-2,5,14-16H2,(H,24,26). The summed E-state index contributed by atoms with van der Waals surface area (Å²) in [6, 6.07) is 14.4. The van der Waals surface area contributed by atoms with Crippen molar-refractivity contribution in [3.63, 3.8) is 0 Å². The van der Waals surface area contributed by atoms with Crippen molar-refractivity contribution in [2.75, 3.05) is 24.6 Å². The molecule has 3 rings (SSSR count). The summed E-state index contributed by atoms with van der Waals surface area (Å²) in [7, 11) is 0. The number of nitrogens with one attached hydrogen (secondary N) is 1. The van der Waals surface area contributed by atoms with Crippen LogP contribution in [0.25, 0.3) is 0 Å². The third kappa shape index (κ3) is 5.77. The maximum atomic E-state index is 12.0. The quantitative estimate of drug-likeness (QED) is 0.788. The van der Waals surface area contributed by atoms with E-state index in [4.69, 9.17) is 16.3 Å². The molecule has 1 aliphatic rings. The van der Waals surface area contributed by atoms with Gasteiger partial charge in [-0.2, -0.15) is 0 Å². The first kappa shape index (κ1) is 19.8. The van der Waals surface area contributed by atoms with Crippen LogP contribution in [0.5, 0.6) is 5.75 Å². The molecule has 1 N–H and O–H groups in total. The molecular weight excluding hydrogens is 376 g/mol. The Morgan fingerprint density at radius 1 is 1.11 bits per heavy atom. The number of halogens is 1. The van der Waals surface area contributed by atoms with E-state index in [0.717, 1.165) is 30.6 Å². The Morgan fingerprint density at radius 2 is 1.86 bits per heavy atom. The Hall–Kier alpha value is -2.97. The Kier molecular flexibility index (Phi) is 6.94. The number of hydrogen-bond acceptors (Lipinski definition) is 3. The van der Waals surface area contributed by atoms with Crippen molar-refractivity contribution >= 4 is 29.1 Å². The van der Waals surface area contributed by atoms with Crippen LogP contribution in [-0.4, -0.2) is 31.5 Å². The number of rotatable bonds is 5. The maximum Gasteiger partial charge on any atom is 0.258 e. The smallest absolute Gasteiger partial charge is 0.258 e. The van der Waals surface area contributed by atoms with Gasteiger partial charge in [-0.05, 0) is 61.4 Å². The number of piperidine rings is 1. The highest BCUT2D eigenvalue weighted by atomic mass is 35.5. The molecule has 2 amide bonds. The molecule has 0 aromatic heterocycles. The first-order valence-corrected chi connectivity index (χ1v) is 9.54. The van der Waals surface area contributed by atoms with Crippen molar-refractivity contribution in [1.82, 2.24) is 5.32 Å². The van der Waals surface area contributed by atoms with Gasteiger partial charge in [-0.25, -0.2) is 0 Å². The van der Waals surface area contributed by atoms with E-state index < -0.39 is 0 Å². The average molecular weight is 397 g/mol. The number of nitrogens with zero attached hydrogens (tertiary/aromatic N) is 1. The number of amides is 2. The molecule has 0 saturated carbocycles. The van der Waals surface area contributed by atoms with Crippen LogP contribution in [0.3, 0.4) is 0 Å². The van der Waals surface area contributed by atoms with Crippen LogP contribution in [0, 0.1) is 11.8 Å². The number of hydrogen-bond donors (Lipinski definition) is 1. The molecule has 2 aromatic carbocycles. The molecule has 0 spiro atoms. The van der Waals surface area contributed by atoms with Gasteiger partial charge in [-0.15, -0.1) is 0 Å². The SMILES string of the molecule is O=C(COc1ccc(Cl)cc1)NCC#Cc1ccc(N2CCCCC2=O)cc1. The molecule has 6 heteroatoms.